The van der Waals surface area contributed by atoms with Crippen LogP contribution in [0.2, 0.25) is 0 Å². The molecule has 11 nitrogen and oxygen atoms in total. The number of para-hydroxylation sites is 1. The highest BCUT2D eigenvalue weighted by atomic mass is 16.3. The Morgan fingerprint density at radius 1 is 1.05 bits per heavy atom. The van der Waals surface area contributed by atoms with Crippen LogP contribution in [-0.2, 0) is 31.9 Å². The monoisotopic (exact) mass is 503 g/mol. The number of phenols is 1. The second kappa shape index (κ2) is 11.4. The minimum atomic E-state index is -0.459. The number of benzene rings is 2. The lowest BCUT2D eigenvalue weighted by atomic mass is 10.1. The number of aromatic hydroxyl groups is 1. The number of hydrazone groups is 1. The van der Waals surface area contributed by atoms with Gasteiger partial charge in [0.05, 0.1) is 6.21 Å². The first-order chi connectivity index (χ1) is 17.9. The summed E-state index contributed by atoms with van der Waals surface area (Å²) in [5.41, 5.74) is 3.76. The number of carbonyl (C=O) groups is 1. The normalized spacial score (nSPS) is 11.3. The second-order valence-electron chi connectivity index (χ2n) is 8.58. The third-order valence-electron chi connectivity index (χ3n) is 6.00. The smallest absolute Gasteiger partial charge is 0.332 e. The van der Waals surface area contributed by atoms with Crippen LogP contribution in [0.3, 0.4) is 0 Å². The SMILES string of the molecule is Cn1c(=O)c2c(nc(NCCc3ccccc3)n2CCCC(=O)NN=Cc2ccccc2O)n(C)c1=O. The van der Waals surface area contributed by atoms with Gasteiger partial charge < -0.3 is 15.0 Å². The number of amides is 1. The molecule has 3 N–H and O–H groups in total. The van der Waals surface area contributed by atoms with Gasteiger partial charge in [0.25, 0.3) is 5.56 Å². The Morgan fingerprint density at radius 3 is 2.54 bits per heavy atom. The van der Waals surface area contributed by atoms with E-state index in [-0.39, 0.29) is 23.7 Å². The number of phenolic OH excluding ortho intramolecular Hbond substituents is 1. The summed E-state index contributed by atoms with van der Waals surface area (Å²) >= 11 is 0. The van der Waals surface area contributed by atoms with E-state index in [2.05, 4.69) is 20.8 Å². The summed E-state index contributed by atoms with van der Waals surface area (Å²) in [4.78, 5) is 42.3. The van der Waals surface area contributed by atoms with Crippen LogP contribution in [-0.4, -0.2) is 42.5 Å². The Labute approximate surface area is 212 Å². The highest BCUT2D eigenvalue weighted by molar-refractivity contribution is 5.85. The molecule has 0 saturated carbocycles. The van der Waals surface area contributed by atoms with Gasteiger partial charge in [-0.3, -0.25) is 18.7 Å². The molecule has 2 aromatic carbocycles. The zero-order valence-corrected chi connectivity index (χ0v) is 20.7. The van der Waals surface area contributed by atoms with E-state index in [0.29, 0.717) is 36.5 Å². The van der Waals surface area contributed by atoms with Gasteiger partial charge >= 0.3 is 5.69 Å². The van der Waals surface area contributed by atoms with E-state index in [1.165, 1.54) is 23.9 Å². The number of aryl methyl sites for hydroxylation is 2. The summed E-state index contributed by atoms with van der Waals surface area (Å²) in [6.45, 7) is 0.900. The Morgan fingerprint density at radius 2 is 1.78 bits per heavy atom. The van der Waals surface area contributed by atoms with Crippen LogP contribution in [0.5, 0.6) is 5.75 Å². The number of fused-ring (bicyclic) bond motifs is 1. The van der Waals surface area contributed by atoms with E-state index in [1.807, 2.05) is 30.3 Å². The van der Waals surface area contributed by atoms with E-state index in [4.69, 9.17) is 0 Å². The number of aromatic nitrogens is 4. The molecule has 4 rings (SSSR count). The zero-order chi connectivity index (χ0) is 26.4. The summed E-state index contributed by atoms with van der Waals surface area (Å²) in [6.07, 6.45) is 2.67. The first kappa shape index (κ1) is 25.4. The number of hydrogen-bond donors (Lipinski definition) is 3. The summed E-state index contributed by atoms with van der Waals surface area (Å²) in [6, 6.07) is 16.6. The molecule has 2 aromatic heterocycles. The molecule has 0 atom stereocenters. The van der Waals surface area contributed by atoms with Gasteiger partial charge in [0.15, 0.2) is 11.2 Å². The molecule has 0 saturated heterocycles. The van der Waals surface area contributed by atoms with Crippen molar-refractivity contribution in [1.82, 2.24) is 24.1 Å². The molecule has 192 valence electrons. The van der Waals surface area contributed by atoms with Crippen molar-refractivity contribution in [2.24, 2.45) is 19.2 Å². The minimum absolute atomic E-state index is 0.0655. The minimum Gasteiger partial charge on any atom is -0.507 e. The van der Waals surface area contributed by atoms with E-state index in [9.17, 15) is 19.5 Å². The topological polar surface area (TPSA) is 136 Å². The number of carbonyl (C=O) groups excluding carboxylic acids is 1. The van der Waals surface area contributed by atoms with Crippen LogP contribution in [0, 0.1) is 0 Å². The van der Waals surface area contributed by atoms with Crippen LogP contribution in [0.4, 0.5) is 5.95 Å². The lowest BCUT2D eigenvalue weighted by Gasteiger charge is -2.11. The standard InChI is InChI=1S/C26H29N7O4/c1-31-23-22(24(36)32(2)26(31)37)33(25(29-23)27-15-14-18-9-4-3-5-10-18)16-8-13-21(35)30-28-17-19-11-6-7-12-20(19)34/h3-7,9-12,17,34H,8,13-16H2,1-2H3,(H,27,29)(H,30,35). The van der Waals surface area contributed by atoms with Gasteiger partial charge in [-0.25, -0.2) is 10.2 Å². The average Bonchev–Trinajstić information content (AvgIpc) is 3.26. The van der Waals surface area contributed by atoms with Crippen molar-refractivity contribution in [3.8, 4) is 5.75 Å². The first-order valence-corrected chi connectivity index (χ1v) is 11.9. The molecule has 0 bridgehead atoms. The predicted octanol–water partition coefficient (Wildman–Crippen LogP) is 1.72. The summed E-state index contributed by atoms with van der Waals surface area (Å²) in [7, 11) is 3.01. The van der Waals surface area contributed by atoms with Crippen molar-refractivity contribution in [3.05, 3.63) is 86.6 Å². The first-order valence-electron chi connectivity index (χ1n) is 11.9. The molecular formula is C26H29N7O4. The largest absolute Gasteiger partial charge is 0.507 e. The zero-order valence-electron chi connectivity index (χ0n) is 20.7. The van der Waals surface area contributed by atoms with Gasteiger partial charge in [-0.05, 0) is 30.5 Å². The van der Waals surface area contributed by atoms with Gasteiger partial charge in [-0.15, -0.1) is 0 Å². The molecule has 0 aliphatic heterocycles. The lowest BCUT2D eigenvalue weighted by Crippen LogP contribution is -2.37. The van der Waals surface area contributed by atoms with Crippen molar-refractivity contribution in [3.63, 3.8) is 0 Å². The summed E-state index contributed by atoms with van der Waals surface area (Å²) in [5.74, 6) is 0.216. The molecule has 11 heteroatoms. The average molecular weight is 504 g/mol. The molecule has 1 amide bonds. The van der Waals surface area contributed by atoms with Gasteiger partial charge in [0.2, 0.25) is 11.9 Å². The third-order valence-corrected chi connectivity index (χ3v) is 6.00. The number of imidazole rings is 1. The number of anilines is 1. The van der Waals surface area contributed by atoms with Crippen LogP contribution < -0.4 is 22.0 Å². The van der Waals surface area contributed by atoms with Crippen LogP contribution in [0.1, 0.15) is 24.0 Å². The molecule has 0 radical (unpaired) electrons. The lowest BCUT2D eigenvalue weighted by molar-refractivity contribution is -0.121. The maximum absolute atomic E-state index is 13.0. The predicted molar refractivity (Wildman–Crippen MR) is 142 cm³/mol. The van der Waals surface area contributed by atoms with Crippen molar-refractivity contribution in [2.45, 2.75) is 25.8 Å². The van der Waals surface area contributed by atoms with Crippen LogP contribution >= 0.6 is 0 Å². The molecule has 2 heterocycles. The number of rotatable bonds is 10. The van der Waals surface area contributed by atoms with Gasteiger partial charge in [0.1, 0.15) is 5.75 Å². The fourth-order valence-electron chi connectivity index (χ4n) is 3.99. The van der Waals surface area contributed by atoms with Crippen molar-refractivity contribution in [1.29, 1.82) is 0 Å². The molecule has 0 aliphatic rings. The molecule has 0 fully saturated rings. The van der Waals surface area contributed by atoms with Crippen LogP contribution in [0.25, 0.3) is 11.2 Å². The van der Waals surface area contributed by atoms with Crippen LogP contribution in [0.15, 0.2) is 69.3 Å². The van der Waals surface area contributed by atoms with E-state index >= 15 is 0 Å². The van der Waals surface area contributed by atoms with Crippen molar-refractivity contribution < 1.29 is 9.90 Å². The second-order valence-corrected chi connectivity index (χ2v) is 8.58. The number of nitrogens with one attached hydrogen (secondary N) is 2. The van der Waals surface area contributed by atoms with E-state index < -0.39 is 11.2 Å². The summed E-state index contributed by atoms with van der Waals surface area (Å²) < 4.78 is 4.12. The molecule has 0 aliphatic carbocycles. The molecule has 0 spiro atoms. The molecular weight excluding hydrogens is 474 g/mol. The highest BCUT2D eigenvalue weighted by Crippen LogP contribution is 2.17. The van der Waals surface area contributed by atoms with Crippen molar-refractivity contribution >= 4 is 29.2 Å². The number of hydrogen-bond acceptors (Lipinski definition) is 7. The Balaban J connectivity index is 1.48. The van der Waals surface area contributed by atoms with Gasteiger partial charge in [0, 0.05) is 39.2 Å². The van der Waals surface area contributed by atoms with E-state index in [0.717, 1.165) is 16.6 Å². The molecule has 4 aromatic rings. The Hall–Kier alpha value is -4.67. The quantitative estimate of drug-likeness (QED) is 0.223. The maximum Gasteiger partial charge on any atom is 0.332 e. The fraction of sp³-hybridized carbons (Fsp3) is 0.269. The summed E-state index contributed by atoms with van der Waals surface area (Å²) in [5, 5.41) is 16.9. The maximum atomic E-state index is 13.0. The Bertz CT molecular complexity index is 1550. The van der Waals surface area contributed by atoms with Crippen molar-refractivity contribution in [2.75, 3.05) is 11.9 Å². The highest BCUT2D eigenvalue weighted by Gasteiger charge is 2.19. The number of nitrogens with zero attached hydrogens (tertiary/aromatic N) is 5. The fourth-order valence-corrected chi connectivity index (χ4v) is 3.99. The van der Waals surface area contributed by atoms with Gasteiger partial charge in [-0.1, -0.05) is 42.5 Å². The molecule has 37 heavy (non-hydrogen) atoms. The van der Waals surface area contributed by atoms with E-state index in [1.54, 1.807) is 29.8 Å². The molecule has 0 unspecified atom stereocenters. The third kappa shape index (κ3) is 5.77. The van der Waals surface area contributed by atoms with Gasteiger partial charge in [-0.2, -0.15) is 10.1 Å². The Kier molecular flexibility index (Phi) is 7.82.